The highest BCUT2D eigenvalue weighted by Gasteiger charge is 2.32. The summed E-state index contributed by atoms with van der Waals surface area (Å²) in [6, 6.07) is 10.2. The zero-order valence-electron chi connectivity index (χ0n) is 17.5. The lowest BCUT2D eigenvalue weighted by Crippen LogP contribution is -2.49. The van der Waals surface area contributed by atoms with Crippen LogP contribution in [0.4, 0.5) is 11.4 Å². The van der Waals surface area contributed by atoms with E-state index in [4.69, 9.17) is 16.3 Å². The lowest BCUT2D eigenvalue weighted by atomic mass is 10.1. The number of carbonyl (C=O) groups is 1. The monoisotopic (exact) mass is 480 g/mol. The Hall–Kier alpha value is -2.37. The highest BCUT2D eigenvalue weighted by atomic mass is 35.5. The zero-order chi connectivity index (χ0) is 22.9. The van der Waals surface area contributed by atoms with Crippen molar-refractivity contribution in [3.8, 4) is 5.75 Å². The first-order valence-corrected chi connectivity index (χ1v) is 12.1. The number of amides is 1. The second-order valence-corrected chi connectivity index (χ2v) is 10.1. The Bertz CT molecular complexity index is 1100. The van der Waals surface area contributed by atoms with Gasteiger partial charge in [0.1, 0.15) is 12.4 Å². The highest BCUT2D eigenvalue weighted by molar-refractivity contribution is 7.89. The van der Waals surface area contributed by atoms with Gasteiger partial charge in [0.25, 0.3) is 5.91 Å². The Kier molecular flexibility index (Phi) is 6.59. The summed E-state index contributed by atoms with van der Waals surface area (Å²) in [4.78, 5) is 13.9. The van der Waals surface area contributed by atoms with Crippen molar-refractivity contribution in [2.45, 2.75) is 18.0 Å². The highest BCUT2D eigenvalue weighted by Crippen LogP contribution is 2.33. The van der Waals surface area contributed by atoms with Crippen LogP contribution in [-0.4, -0.2) is 74.2 Å². The summed E-state index contributed by atoms with van der Waals surface area (Å²) in [5.74, 6) is 0.164. The van der Waals surface area contributed by atoms with Crippen molar-refractivity contribution in [1.82, 2.24) is 9.21 Å². The first-order valence-electron chi connectivity index (χ1n) is 10.2. The van der Waals surface area contributed by atoms with Crippen molar-refractivity contribution in [2.24, 2.45) is 0 Å². The number of fused-ring (bicyclic) bond motifs is 1. The molecule has 2 aromatic rings. The van der Waals surface area contributed by atoms with E-state index in [1.807, 2.05) is 12.1 Å². The summed E-state index contributed by atoms with van der Waals surface area (Å²) in [5.41, 5.74) is 1.35. The Morgan fingerprint density at radius 3 is 2.50 bits per heavy atom. The predicted molar refractivity (Wildman–Crippen MR) is 122 cm³/mol. The molecule has 32 heavy (non-hydrogen) atoms. The first-order chi connectivity index (χ1) is 15.2. The van der Waals surface area contributed by atoms with Gasteiger partial charge in [0.05, 0.1) is 16.3 Å². The molecule has 1 amide bonds. The number of carbonyl (C=O) groups excluding carboxylic acids is 1. The number of aliphatic hydroxyl groups is 1. The van der Waals surface area contributed by atoms with Gasteiger partial charge < -0.3 is 20.5 Å². The molecule has 1 atom stereocenters. The second kappa shape index (κ2) is 9.24. The summed E-state index contributed by atoms with van der Waals surface area (Å²) < 4.78 is 33.7. The maximum Gasteiger partial charge on any atom is 0.274 e. The Morgan fingerprint density at radius 1 is 1.12 bits per heavy atom. The smallest absolute Gasteiger partial charge is 0.274 e. The quantitative estimate of drug-likeness (QED) is 0.577. The first kappa shape index (κ1) is 22.8. The number of nitrogens with zero attached hydrogens (tertiary/aromatic N) is 2. The minimum Gasteiger partial charge on any atom is -0.492 e. The van der Waals surface area contributed by atoms with E-state index in [0.717, 1.165) is 5.75 Å². The van der Waals surface area contributed by atoms with Gasteiger partial charge in [-0.1, -0.05) is 11.6 Å². The molecule has 0 aliphatic carbocycles. The van der Waals surface area contributed by atoms with Crippen molar-refractivity contribution in [3.63, 3.8) is 0 Å². The lowest BCUT2D eigenvalue weighted by molar-refractivity contribution is -0.122. The van der Waals surface area contributed by atoms with E-state index >= 15 is 0 Å². The molecule has 2 heterocycles. The second-order valence-electron chi connectivity index (χ2n) is 7.75. The minimum atomic E-state index is -3.72. The number of hydrogen-bond acceptors (Lipinski definition) is 7. The molecule has 2 aliphatic rings. The minimum absolute atomic E-state index is 0.159. The third-order valence-corrected chi connectivity index (χ3v) is 7.85. The number of benzene rings is 2. The molecular formula is C21H25ClN4O5S. The molecule has 3 N–H and O–H groups in total. The van der Waals surface area contributed by atoms with Crippen LogP contribution in [0, 0.1) is 6.92 Å². The Balaban J connectivity index is 1.36. The fraction of sp³-hybridized carbons (Fsp3) is 0.381. The maximum atomic E-state index is 13.3. The molecule has 0 radical (unpaired) electrons. The molecule has 0 bridgehead atoms. The van der Waals surface area contributed by atoms with E-state index in [1.54, 1.807) is 25.1 Å². The van der Waals surface area contributed by atoms with Crippen LogP contribution in [0.15, 0.2) is 41.3 Å². The fourth-order valence-corrected chi connectivity index (χ4v) is 5.54. The van der Waals surface area contributed by atoms with Crippen LogP contribution < -0.4 is 15.4 Å². The van der Waals surface area contributed by atoms with Crippen molar-refractivity contribution in [3.05, 3.63) is 47.0 Å². The van der Waals surface area contributed by atoms with Crippen molar-refractivity contribution in [1.29, 1.82) is 0 Å². The van der Waals surface area contributed by atoms with Crippen molar-refractivity contribution < 1.29 is 23.1 Å². The van der Waals surface area contributed by atoms with Gasteiger partial charge in [-0.25, -0.2) is 8.42 Å². The van der Waals surface area contributed by atoms with E-state index in [9.17, 15) is 18.3 Å². The van der Waals surface area contributed by atoms with Crippen LogP contribution in [0.5, 0.6) is 5.75 Å². The third kappa shape index (κ3) is 4.84. The van der Waals surface area contributed by atoms with Crippen LogP contribution in [-0.2, 0) is 14.8 Å². The number of piperazine rings is 1. The van der Waals surface area contributed by atoms with Gasteiger partial charge in [-0.15, -0.1) is 0 Å². The topological polar surface area (TPSA) is 111 Å². The molecule has 0 spiro atoms. The van der Waals surface area contributed by atoms with Gasteiger partial charge in [-0.05, 0) is 48.9 Å². The Labute approximate surface area is 192 Å². The summed E-state index contributed by atoms with van der Waals surface area (Å²) in [6.45, 7) is 4.81. The van der Waals surface area contributed by atoms with E-state index in [-0.39, 0.29) is 4.90 Å². The molecule has 0 saturated carbocycles. The molecular weight excluding hydrogens is 456 g/mol. The van der Waals surface area contributed by atoms with E-state index < -0.39 is 22.2 Å². The van der Waals surface area contributed by atoms with Gasteiger partial charge in [0.15, 0.2) is 0 Å². The number of sulfonamides is 1. The van der Waals surface area contributed by atoms with Gasteiger partial charge >= 0.3 is 0 Å². The number of hydrogen-bond donors (Lipinski definition) is 3. The van der Waals surface area contributed by atoms with E-state index in [1.165, 1.54) is 10.4 Å². The number of aliphatic hydroxyl groups excluding tert-OH is 1. The van der Waals surface area contributed by atoms with Crippen LogP contribution in [0.25, 0.3) is 0 Å². The van der Waals surface area contributed by atoms with E-state index in [2.05, 4.69) is 15.5 Å². The summed E-state index contributed by atoms with van der Waals surface area (Å²) in [6.07, 6.45) is -1.42. The SMILES string of the molecule is Cc1cc2c(cc1S(=O)(=O)N1CCN(CCOc3ccc(Cl)cc3)CC1)NC(O)C(=O)N2. The normalized spacial score (nSPS) is 19.7. The maximum absolute atomic E-state index is 13.3. The number of aryl methyl sites for hydroxylation is 1. The lowest BCUT2D eigenvalue weighted by Gasteiger charge is -2.34. The number of rotatable bonds is 6. The molecule has 11 heteroatoms. The van der Waals surface area contributed by atoms with E-state index in [0.29, 0.717) is 61.3 Å². The van der Waals surface area contributed by atoms with Crippen molar-refractivity contribution >= 4 is 38.9 Å². The van der Waals surface area contributed by atoms with Gasteiger partial charge in [0, 0.05) is 37.7 Å². The molecule has 4 rings (SSSR count). The number of nitrogens with one attached hydrogen (secondary N) is 2. The molecule has 1 unspecified atom stereocenters. The van der Waals surface area contributed by atoms with Crippen LogP contribution in [0.3, 0.4) is 0 Å². The number of ether oxygens (including phenoxy) is 1. The largest absolute Gasteiger partial charge is 0.492 e. The molecule has 0 aromatic heterocycles. The predicted octanol–water partition coefficient (Wildman–Crippen LogP) is 1.72. The number of anilines is 2. The van der Waals surface area contributed by atoms with Gasteiger partial charge in [-0.2, -0.15) is 4.31 Å². The zero-order valence-corrected chi connectivity index (χ0v) is 19.1. The molecule has 2 aromatic carbocycles. The van der Waals surface area contributed by atoms with Crippen LogP contribution in [0.2, 0.25) is 5.02 Å². The fourth-order valence-electron chi connectivity index (χ4n) is 3.76. The Morgan fingerprint density at radius 2 is 1.81 bits per heavy atom. The van der Waals surface area contributed by atoms with Crippen LogP contribution in [0.1, 0.15) is 5.56 Å². The van der Waals surface area contributed by atoms with Gasteiger partial charge in [0.2, 0.25) is 16.3 Å². The molecule has 172 valence electrons. The summed E-state index contributed by atoms with van der Waals surface area (Å²) in [5, 5.41) is 15.6. The molecule has 1 saturated heterocycles. The standard InChI is InChI=1S/C21H25ClN4O5S/c1-14-12-17-18(24-21(28)20(27)23-17)13-19(14)32(29,30)26-8-6-25(7-9-26)10-11-31-16-4-2-15(22)3-5-16/h2-5,12-13,21,24,28H,6-11H2,1H3,(H,23,27). The molecule has 1 fully saturated rings. The third-order valence-electron chi connectivity index (χ3n) is 5.55. The average molecular weight is 481 g/mol. The van der Waals surface area contributed by atoms with Gasteiger partial charge in [-0.3, -0.25) is 9.69 Å². The number of halogens is 1. The molecule has 2 aliphatic heterocycles. The average Bonchev–Trinajstić information content (AvgIpc) is 2.76. The molecule has 9 nitrogen and oxygen atoms in total. The summed E-state index contributed by atoms with van der Waals surface area (Å²) in [7, 11) is -3.72. The summed E-state index contributed by atoms with van der Waals surface area (Å²) >= 11 is 5.87. The van der Waals surface area contributed by atoms with Crippen LogP contribution >= 0.6 is 11.6 Å². The van der Waals surface area contributed by atoms with Crippen molar-refractivity contribution in [2.75, 3.05) is 50.0 Å².